The molecular weight excluding hydrogens is 372 g/mol. The van der Waals surface area contributed by atoms with Crippen molar-refractivity contribution in [2.75, 3.05) is 7.11 Å². The van der Waals surface area contributed by atoms with E-state index in [1.165, 1.54) is 24.5 Å². The van der Waals surface area contributed by atoms with Crippen LogP contribution in [0.15, 0.2) is 59.6 Å². The Labute approximate surface area is 158 Å². The van der Waals surface area contributed by atoms with Crippen molar-refractivity contribution in [3.63, 3.8) is 0 Å². The van der Waals surface area contributed by atoms with Gasteiger partial charge in [0, 0.05) is 6.08 Å². The number of carbonyl (C=O) groups excluding carboxylic acids is 2. The maximum atomic E-state index is 12.2. The van der Waals surface area contributed by atoms with Gasteiger partial charge >= 0.3 is 5.97 Å². The van der Waals surface area contributed by atoms with Gasteiger partial charge in [0.15, 0.2) is 4.80 Å². The number of thiazole rings is 1. The topological polar surface area (TPSA) is 60.7 Å². The number of aromatic nitrogens is 1. The molecule has 2 aromatic carbocycles. The van der Waals surface area contributed by atoms with Crippen LogP contribution in [0.25, 0.3) is 16.3 Å². The Balaban J connectivity index is 2.03. The van der Waals surface area contributed by atoms with Crippen LogP contribution in [0.3, 0.4) is 0 Å². The van der Waals surface area contributed by atoms with Crippen LogP contribution in [0.1, 0.15) is 5.56 Å². The number of amides is 1. The number of esters is 1. The lowest BCUT2D eigenvalue weighted by Gasteiger charge is -2.04. The zero-order valence-electron chi connectivity index (χ0n) is 13.9. The molecule has 0 saturated carbocycles. The average molecular weight is 387 g/mol. The number of hydrogen-bond donors (Lipinski definition) is 0. The predicted molar refractivity (Wildman–Crippen MR) is 103 cm³/mol. The molecule has 0 aliphatic heterocycles. The van der Waals surface area contributed by atoms with E-state index in [9.17, 15) is 9.59 Å². The van der Waals surface area contributed by atoms with Gasteiger partial charge in [0.2, 0.25) is 0 Å². The van der Waals surface area contributed by atoms with Gasteiger partial charge in [-0.1, -0.05) is 59.3 Å². The van der Waals surface area contributed by atoms with E-state index in [1.54, 1.807) is 16.7 Å². The van der Waals surface area contributed by atoms with Crippen LogP contribution in [0.5, 0.6) is 0 Å². The second-order valence-corrected chi connectivity index (χ2v) is 6.74. The highest BCUT2D eigenvalue weighted by molar-refractivity contribution is 7.16. The van der Waals surface area contributed by atoms with Crippen molar-refractivity contribution >= 4 is 51.1 Å². The number of hydrogen-bond acceptors (Lipinski definition) is 4. The van der Waals surface area contributed by atoms with Crippen molar-refractivity contribution < 1.29 is 14.3 Å². The third-order valence-corrected chi connectivity index (χ3v) is 4.94. The molecule has 0 saturated heterocycles. The van der Waals surface area contributed by atoms with Crippen LogP contribution >= 0.6 is 22.9 Å². The standard InChI is InChI=1S/C19H15ClN2O3S/c1-25-17(24)12-22-18-14(20)8-5-9-15(18)26-19(22)21-16(23)11-10-13-6-3-2-4-7-13/h2-11H,12H2,1H3/b11-10+,21-19?. The van der Waals surface area contributed by atoms with Crippen molar-refractivity contribution in [2.24, 2.45) is 4.99 Å². The van der Waals surface area contributed by atoms with Gasteiger partial charge in [0.25, 0.3) is 5.91 Å². The number of benzene rings is 2. The third-order valence-electron chi connectivity index (χ3n) is 3.59. The van der Waals surface area contributed by atoms with Gasteiger partial charge in [-0.15, -0.1) is 0 Å². The van der Waals surface area contributed by atoms with E-state index in [2.05, 4.69) is 4.99 Å². The number of nitrogens with zero attached hydrogens (tertiary/aromatic N) is 2. The number of ether oxygens (including phenoxy) is 1. The lowest BCUT2D eigenvalue weighted by Crippen LogP contribution is -2.22. The fourth-order valence-corrected chi connectivity index (χ4v) is 3.77. The molecule has 26 heavy (non-hydrogen) atoms. The van der Waals surface area contributed by atoms with E-state index >= 15 is 0 Å². The predicted octanol–water partition coefficient (Wildman–Crippen LogP) is 3.67. The highest BCUT2D eigenvalue weighted by atomic mass is 35.5. The lowest BCUT2D eigenvalue weighted by molar-refractivity contribution is -0.141. The summed E-state index contributed by atoms with van der Waals surface area (Å²) in [6.45, 7) is -0.0747. The Hall–Kier alpha value is -2.70. The van der Waals surface area contributed by atoms with Crippen LogP contribution < -0.4 is 4.80 Å². The summed E-state index contributed by atoms with van der Waals surface area (Å²) < 4.78 is 7.17. The molecule has 0 aliphatic rings. The summed E-state index contributed by atoms with van der Waals surface area (Å²) in [6, 6.07) is 14.9. The quantitative estimate of drug-likeness (QED) is 0.507. The minimum atomic E-state index is -0.446. The number of para-hydroxylation sites is 1. The van der Waals surface area contributed by atoms with Crippen LogP contribution in [-0.2, 0) is 20.9 Å². The molecule has 0 fully saturated rings. The maximum Gasteiger partial charge on any atom is 0.325 e. The number of methoxy groups -OCH3 is 1. The van der Waals surface area contributed by atoms with E-state index in [0.717, 1.165) is 10.3 Å². The van der Waals surface area contributed by atoms with E-state index in [4.69, 9.17) is 16.3 Å². The smallest absolute Gasteiger partial charge is 0.325 e. The van der Waals surface area contributed by atoms with Crippen LogP contribution in [0.4, 0.5) is 0 Å². The molecule has 1 aromatic heterocycles. The van der Waals surface area contributed by atoms with Crippen molar-refractivity contribution in [2.45, 2.75) is 6.54 Å². The van der Waals surface area contributed by atoms with E-state index < -0.39 is 11.9 Å². The summed E-state index contributed by atoms with van der Waals surface area (Å²) in [5.74, 6) is -0.867. The summed E-state index contributed by atoms with van der Waals surface area (Å²) in [5.41, 5.74) is 1.56. The first-order valence-corrected chi connectivity index (χ1v) is 8.94. The number of carbonyl (C=O) groups is 2. The van der Waals surface area contributed by atoms with Gasteiger partial charge in [-0.05, 0) is 23.8 Å². The van der Waals surface area contributed by atoms with E-state index in [1.807, 2.05) is 42.5 Å². The van der Waals surface area contributed by atoms with Gasteiger partial charge in [-0.25, -0.2) is 0 Å². The molecule has 1 heterocycles. The minimum Gasteiger partial charge on any atom is -0.468 e. The number of fused-ring (bicyclic) bond motifs is 1. The Morgan fingerprint density at radius 2 is 1.96 bits per heavy atom. The monoisotopic (exact) mass is 386 g/mol. The first kappa shape index (κ1) is 18.1. The number of halogens is 1. The van der Waals surface area contributed by atoms with Crippen molar-refractivity contribution in [1.82, 2.24) is 4.57 Å². The highest BCUT2D eigenvalue weighted by Gasteiger charge is 2.13. The normalized spacial score (nSPS) is 12.0. The average Bonchev–Trinajstić information content (AvgIpc) is 2.99. The van der Waals surface area contributed by atoms with Gasteiger partial charge in [0.05, 0.1) is 22.3 Å². The molecule has 0 bridgehead atoms. The number of rotatable bonds is 4. The van der Waals surface area contributed by atoms with Crippen LogP contribution in [0, 0.1) is 0 Å². The Bertz CT molecular complexity index is 1050. The van der Waals surface area contributed by atoms with Gasteiger partial charge in [-0.2, -0.15) is 4.99 Å². The summed E-state index contributed by atoms with van der Waals surface area (Å²) in [6.07, 6.45) is 3.08. The second kappa shape index (κ2) is 8.12. The van der Waals surface area contributed by atoms with Gasteiger partial charge < -0.3 is 9.30 Å². The molecule has 1 amide bonds. The van der Waals surface area contributed by atoms with Crippen molar-refractivity contribution in [3.05, 3.63) is 70.0 Å². The largest absolute Gasteiger partial charge is 0.468 e. The Morgan fingerprint density at radius 1 is 1.19 bits per heavy atom. The molecular formula is C19H15ClN2O3S. The molecule has 0 spiro atoms. The summed E-state index contributed by atoms with van der Waals surface area (Å²) in [4.78, 5) is 28.5. The summed E-state index contributed by atoms with van der Waals surface area (Å²) >= 11 is 7.56. The van der Waals surface area contributed by atoms with Gasteiger partial charge in [0.1, 0.15) is 6.54 Å². The maximum absolute atomic E-state index is 12.2. The molecule has 3 rings (SSSR count). The molecule has 0 aliphatic carbocycles. The van der Waals surface area contributed by atoms with Gasteiger partial charge in [-0.3, -0.25) is 9.59 Å². The zero-order valence-corrected chi connectivity index (χ0v) is 15.5. The highest BCUT2D eigenvalue weighted by Crippen LogP contribution is 2.25. The first-order chi connectivity index (χ1) is 12.6. The molecule has 3 aromatic rings. The molecule has 7 heteroatoms. The fourth-order valence-electron chi connectivity index (χ4n) is 2.38. The van der Waals surface area contributed by atoms with E-state index in [0.29, 0.717) is 15.3 Å². The molecule has 0 atom stereocenters. The molecule has 0 unspecified atom stereocenters. The molecule has 0 radical (unpaired) electrons. The SMILES string of the molecule is COC(=O)Cn1c(=NC(=O)/C=C/c2ccccc2)sc2cccc(Cl)c21. The van der Waals surface area contributed by atoms with Crippen molar-refractivity contribution in [3.8, 4) is 0 Å². The molecule has 5 nitrogen and oxygen atoms in total. The Kier molecular flexibility index (Phi) is 5.65. The van der Waals surface area contributed by atoms with Crippen LogP contribution in [0.2, 0.25) is 5.02 Å². The summed E-state index contributed by atoms with van der Waals surface area (Å²) in [7, 11) is 1.31. The fraction of sp³-hybridized carbons (Fsp3) is 0.105. The third kappa shape index (κ3) is 4.09. The Morgan fingerprint density at radius 3 is 2.69 bits per heavy atom. The molecule has 0 N–H and O–H groups in total. The van der Waals surface area contributed by atoms with E-state index in [-0.39, 0.29) is 6.54 Å². The van der Waals surface area contributed by atoms with Crippen molar-refractivity contribution in [1.29, 1.82) is 0 Å². The zero-order chi connectivity index (χ0) is 18.5. The second-order valence-electron chi connectivity index (χ2n) is 5.33. The minimum absolute atomic E-state index is 0.0747. The first-order valence-electron chi connectivity index (χ1n) is 7.75. The molecule has 132 valence electrons. The summed E-state index contributed by atoms with van der Waals surface area (Å²) in [5, 5.41) is 0.483. The van der Waals surface area contributed by atoms with Crippen LogP contribution in [-0.4, -0.2) is 23.6 Å². The lowest BCUT2D eigenvalue weighted by atomic mass is 10.2.